The Kier molecular flexibility index (Phi) is 14.0. The lowest BCUT2D eigenvalue weighted by atomic mass is 9.72. The number of nitro benzene ring substituents is 1. The maximum Gasteiger partial charge on any atom is 0.416 e. The number of fused-ring (bicyclic) bond motifs is 1. The summed E-state index contributed by atoms with van der Waals surface area (Å²) in [5.74, 6) is -1.52. The van der Waals surface area contributed by atoms with E-state index in [0.29, 0.717) is 69.1 Å². The summed E-state index contributed by atoms with van der Waals surface area (Å²) in [5, 5.41) is 16.0. The zero-order valence-electron chi connectivity index (χ0n) is 38.9. The summed E-state index contributed by atoms with van der Waals surface area (Å²) in [6.07, 6.45) is 3.84. The number of ketones is 1. The number of Topliss-reactive ketones (excluding diaryl/α,β-unsaturated/α-hetero) is 1. The minimum absolute atomic E-state index is 0.00192. The number of benzene rings is 3. The van der Waals surface area contributed by atoms with Gasteiger partial charge in [-0.1, -0.05) is 25.5 Å². The van der Waals surface area contributed by atoms with Gasteiger partial charge in [0.15, 0.2) is 15.6 Å². The van der Waals surface area contributed by atoms with Crippen LogP contribution >= 0.6 is 0 Å². The Morgan fingerprint density at radius 2 is 1.77 bits per heavy atom. The molecule has 69 heavy (non-hydrogen) atoms. The molecule has 368 valence electrons. The Bertz CT molecular complexity index is 3040. The number of aryl methyl sites for hydroxylation is 1. The number of ether oxygens (including phenoxy) is 1. The van der Waals surface area contributed by atoms with Gasteiger partial charge in [0.1, 0.15) is 28.6 Å². The maximum atomic E-state index is 14.1. The predicted octanol–water partition coefficient (Wildman–Crippen LogP) is 9.12. The lowest BCUT2D eigenvalue weighted by Gasteiger charge is -2.39. The normalized spacial score (nSPS) is 18.7. The number of piperazine rings is 1. The van der Waals surface area contributed by atoms with Gasteiger partial charge in [0.25, 0.3) is 5.69 Å². The van der Waals surface area contributed by atoms with E-state index in [0.717, 1.165) is 53.8 Å². The molecule has 1 atom stereocenters. The van der Waals surface area contributed by atoms with E-state index < -0.39 is 58.6 Å². The Morgan fingerprint density at radius 1 is 1.00 bits per heavy atom. The average molecular weight is 992 g/mol. The van der Waals surface area contributed by atoms with Crippen LogP contribution in [0.2, 0.25) is 0 Å². The molecule has 2 saturated heterocycles. The molecule has 0 radical (unpaired) electrons. The first-order valence-electron chi connectivity index (χ1n) is 22.9. The van der Waals surface area contributed by atoms with Gasteiger partial charge >= 0.3 is 6.18 Å². The van der Waals surface area contributed by atoms with Gasteiger partial charge in [-0.3, -0.25) is 19.8 Å². The van der Waals surface area contributed by atoms with E-state index in [9.17, 15) is 44.9 Å². The molecule has 3 aromatic carbocycles. The van der Waals surface area contributed by atoms with Crippen LogP contribution in [0.15, 0.2) is 89.6 Å². The van der Waals surface area contributed by atoms with Crippen molar-refractivity contribution in [2.45, 2.75) is 63.9 Å². The van der Waals surface area contributed by atoms with Crippen molar-refractivity contribution < 1.29 is 44.5 Å². The van der Waals surface area contributed by atoms with Crippen molar-refractivity contribution in [2.75, 3.05) is 74.6 Å². The number of halogens is 3. The van der Waals surface area contributed by atoms with E-state index in [4.69, 9.17) is 4.74 Å². The number of aromatic amines is 1. The van der Waals surface area contributed by atoms with Crippen molar-refractivity contribution in [2.24, 2.45) is 11.3 Å². The fourth-order valence-corrected chi connectivity index (χ4v) is 11.8. The first-order valence-corrected chi connectivity index (χ1v) is 26.4. The number of nitrogens with zero attached hydrogens (tertiary/aromatic N) is 5. The molecule has 15 nitrogen and oxygen atoms in total. The van der Waals surface area contributed by atoms with Gasteiger partial charge in [-0.05, 0) is 116 Å². The first-order chi connectivity index (χ1) is 32.5. The van der Waals surface area contributed by atoms with E-state index in [1.54, 1.807) is 37.4 Å². The topological polar surface area (TPSA) is 188 Å². The molecular formula is C49H56F3N7O8S2. The van der Waals surface area contributed by atoms with Gasteiger partial charge < -0.3 is 19.9 Å². The minimum Gasteiger partial charge on any atom is -0.455 e. The van der Waals surface area contributed by atoms with Gasteiger partial charge in [0, 0.05) is 81.8 Å². The molecule has 5 aromatic rings. The number of rotatable bonds is 15. The number of piperidine rings is 1. The van der Waals surface area contributed by atoms with Crippen molar-refractivity contribution >= 4 is 59.3 Å². The van der Waals surface area contributed by atoms with E-state index >= 15 is 0 Å². The number of carbonyl (C=O) groups excluding carboxylic acids is 1. The number of anilines is 2. The van der Waals surface area contributed by atoms with Crippen LogP contribution in [-0.4, -0.2) is 111 Å². The second-order valence-electron chi connectivity index (χ2n) is 19.2. The van der Waals surface area contributed by atoms with Crippen molar-refractivity contribution in [3.05, 3.63) is 117 Å². The molecule has 2 fully saturated rings. The number of aromatic nitrogens is 2. The van der Waals surface area contributed by atoms with Gasteiger partial charge in [-0.15, -0.1) is 0 Å². The molecule has 1 aliphatic carbocycles. The molecule has 20 heteroatoms. The third-order valence-electron chi connectivity index (χ3n) is 13.5. The SMILES string of the molecule is Cc1cc(C(F)(F)F)ccc1C1=C(CN2CCN(c3ccc(C(=O)CS(=O)(=O)c4ccc(NCC5CCCN(S(C)(=O)=O)C5)c([N+](=O)[O-])c4)c(Oc4cnc5[nH]ccc5c4)c3)CC2)CCC(C)(C)C1. The minimum atomic E-state index is -4.43. The molecule has 1 unspecified atom stereocenters. The zero-order valence-corrected chi connectivity index (χ0v) is 40.6. The Hall–Kier alpha value is -5.83. The number of hydrogen-bond donors (Lipinski definition) is 2. The number of allylic oxidation sites excluding steroid dienone is 1. The second-order valence-corrected chi connectivity index (χ2v) is 23.2. The van der Waals surface area contributed by atoms with Gasteiger partial charge in [0.2, 0.25) is 10.0 Å². The molecule has 2 N–H and O–H groups in total. The number of carbonyl (C=O) groups is 1. The Balaban J connectivity index is 0.996. The van der Waals surface area contributed by atoms with E-state index in [2.05, 4.69) is 38.9 Å². The third-order valence-corrected chi connectivity index (χ3v) is 16.3. The maximum absolute atomic E-state index is 14.1. The van der Waals surface area contributed by atoms with E-state index in [1.807, 2.05) is 6.07 Å². The largest absolute Gasteiger partial charge is 0.455 e. The number of hydrogen-bond acceptors (Lipinski definition) is 12. The summed E-state index contributed by atoms with van der Waals surface area (Å²) in [4.78, 5) is 37.1. The van der Waals surface area contributed by atoms with Gasteiger partial charge in [0.05, 0.1) is 33.4 Å². The summed E-state index contributed by atoms with van der Waals surface area (Å²) in [7, 11) is -7.83. The molecule has 0 amide bonds. The van der Waals surface area contributed by atoms with Crippen LogP contribution in [0, 0.1) is 28.4 Å². The van der Waals surface area contributed by atoms with Crippen LogP contribution in [-0.2, 0) is 26.0 Å². The smallest absolute Gasteiger partial charge is 0.416 e. The van der Waals surface area contributed by atoms with Crippen molar-refractivity contribution in [1.29, 1.82) is 0 Å². The average Bonchev–Trinajstić information content (AvgIpc) is 3.76. The summed E-state index contributed by atoms with van der Waals surface area (Å²) >= 11 is 0. The molecule has 8 rings (SSSR count). The quantitative estimate of drug-likeness (QED) is 0.0576. The molecule has 0 spiro atoms. The van der Waals surface area contributed by atoms with Gasteiger partial charge in [-0.2, -0.15) is 13.2 Å². The van der Waals surface area contributed by atoms with Crippen LogP contribution in [0.1, 0.15) is 73.0 Å². The summed E-state index contributed by atoms with van der Waals surface area (Å²) in [6, 6.07) is 15.9. The first kappa shape index (κ1) is 49.6. The zero-order chi connectivity index (χ0) is 49.5. The highest BCUT2D eigenvalue weighted by Gasteiger charge is 2.34. The van der Waals surface area contributed by atoms with Crippen LogP contribution < -0.4 is 15.0 Å². The number of pyridine rings is 1. The highest BCUT2D eigenvalue weighted by Crippen LogP contribution is 2.45. The molecule has 0 saturated carbocycles. The highest BCUT2D eigenvalue weighted by atomic mass is 32.2. The predicted molar refractivity (Wildman–Crippen MR) is 259 cm³/mol. The monoisotopic (exact) mass is 991 g/mol. The van der Waals surface area contributed by atoms with Gasteiger partial charge in [-0.25, -0.2) is 26.1 Å². The number of nitrogens with one attached hydrogen (secondary N) is 2. The van der Waals surface area contributed by atoms with Crippen molar-refractivity contribution in [3.63, 3.8) is 0 Å². The lowest BCUT2D eigenvalue weighted by Crippen LogP contribution is -2.47. The van der Waals surface area contributed by atoms with Crippen LogP contribution in [0.3, 0.4) is 0 Å². The standard InChI is InChI=1S/C49H56F3N7O8S2/c1-32-22-36(49(50,51)52)7-10-40(32)42-26-48(2,3)15-13-35(42)30-56-18-20-57(21-19-56)37-8-11-41(46(24-37)67-38-23-34-14-16-53-47(34)55-28-38)45(60)31-69(65,66)39-9-12-43(44(25-39)59(61)62)54-27-33-6-5-17-58(29-33)68(4,63)64/h7-12,14,16,22-25,28,33,54H,5-6,13,15,17-21,26-27,29-31H2,1-4H3,(H,53,55). The van der Waals surface area contributed by atoms with Crippen LogP contribution in [0.5, 0.6) is 11.5 Å². The number of alkyl halides is 3. The summed E-state index contributed by atoms with van der Waals surface area (Å²) < 4.78 is 100. The molecule has 2 aliphatic heterocycles. The highest BCUT2D eigenvalue weighted by molar-refractivity contribution is 7.92. The second kappa shape index (κ2) is 19.5. The van der Waals surface area contributed by atoms with E-state index in [1.165, 1.54) is 46.4 Å². The van der Waals surface area contributed by atoms with E-state index in [-0.39, 0.29) is 41.4 Å². The molecule has 0 bridgehead atoms. The fraction of sp³-hybridized carbons (Fsp3) is 0.429. The molecular weight excluding hydrogens is 936 g/mol. The number of H-pyrrole nitrogens is 1. The Labute approximate surface area is 399 Å². The molecule has 2 aromatic heterocycles. The van der Waals surface area contributed by atoms with Crippen molar-refractivity contribution in [1.82, 2.24) is 19.2 Å². The summed E-state index contributed by atoms with van der Waals surface area (Å²) in [6.45, 7) is 10.3. The van der Waals surface area contributed by atoms with Crippen molar-refractivity contribution in [3.8, 4) is 11.5 Å². The third kappa shape index (κ3) is 11.6. The number of sulfone groups is 1. The van der Waals surface area contributed by atoms with Crippen LogP contribution in [0.4, 0.5) is 30.2 Å². The Morgan fingerprint density at radius 3 is 2.48 bits per heavy atom. The lowest BCUT2D eigenvalue weighted by molar-refractivity contribution is -0.384. The molecule has 4 heterocycles. The number of sulfonamides is 1. The fourth-order valence-electron chi connectivity index (χ4n) is 9.62. The molecule has 3 aliphatic rings. The van der Waals surface area contributed by atoms with Crippen LogP contribution in [0.25, 0.3) is 16.6 Å². The number of nitro groups is 1. The summed E-state index contributed by atoms with van der Waals surface area (Å²) in [5.41, 5.74) is 4.04.